The molecular formula is C20H24FN3O2S. The molecule has 0 spiro atoms. The number of para-hydroxylation sites is 2. The molecule has 0 aromatic heterocycles. The van der Waals surface area contributed by atoms with Crippen molar-refractivity contribution in [3.05, 3.63) is 59.9 Å². The lowest BCUT2D eigenvalue weighted by molar-refractivity contribution is 0.387. The summed E-state index contributed by atoms with van der Waals surface area (Å²) in [4.78, 5) is 0. The van der Waals surface area contributed by atoms with Crippen molar-refractivity contribution < 1.29 is 12.8 Å². The topological polar surface area (TPSA) is 52.7 Å². The number of benzene rings is 2. The van der Waals surface area contributed by atoms with Crippen molar-refractivity contribution in [2.24, 2.45) is 0 Å². The first kappa shape index (κ1) is 18.4. The van der Waals surface area contributed by atoms with E-state index >= 15 is 0 Å². The van der Waals surface area contributed by atoms with Crippen molar-refractivity contribution in [2.45, 2.75) is 38.3 Å². The Morgan fingerprint density at radius 2 is 1.70 bits per heavy atom. The maximum Gasteiger partial charge on any atom is 0.308 e. The summed E-state index contributed by atoms with van der Waals surface area (Å²) < 4.78 is 43.6. The normalized spacial score (nSPS) is 19.1. The Labute approximate surface area is 160 Å². The highest BCUT2D eigenvalue weighted by molar-refractivity contribution is 7.90. The molecule has 27 heavy (non-hydrogen) atoms. The van der Waals surface area contributed by atoms with Crippen LogP contribution in [0.2, 0.25) is 0 Å². The van der Waals surface area contributed by atoms with Gasteiger partial charge in [-0.25, -0.2) is 8.70 Å². The second-order valence-electron chi connectivity index (χ2n) is 7.12. The maximum atomic E-state index is 14.4. The van der Waals surface area contributed by atoms with Gasteiger partial charge in [0.2, 0.25) is 0 Å². The van der Waals surface area contributed by atoms with Crippen LogP contribution in [0.3, 0.4) is 0 Å². The molecule has 0 atom stereocenters. The third-order valence-corrected chi connectivity index (χ3v) is 6.85. The molecule has 5 nitrogen and oxygen atoms in total. The SMILES string of the molecule is O=S1(=O)N(CCCCNC2CC2)Cc2ccccc2N1c1ccccc1F. The first-order valence-corrected chi connectivity index (χ1v) is 10.8. The van der Waals surface area contributed by atoms with Gasteiger partial charge in [-0.05, 0) is 56.0 Å². The van der Waals surface area contributed by atoms with Crippen molar-refractivity contribution in [1.29, 1.82) is 0 Å². The molecule has 7 heteroatoms. The molecule has 0 amide bonds. The van der Waals surface area contributed by atoms with Gasteiger partial charge in [-0.2, -0.15) is 12.7 Å². The zero-order chi connectivity index (χ0) is 18.9. The molecule has 2 aliphatic rings. The number of halogens is 1. The van der Waals surface area contributed by atoms with Crippen LogP contribution in [0.1, 0.15) is 31.2 Å². The number of hydrogen-bond donors (Lipinski definition) is 1. The summed E-state index contributed by atoms with van der Waals surface area (Å²) in [6.45, 7) is 1.65. The van der Waals surface area contributed by atoms with Crippen LogP contribution in [-0.4, -0.2) is 31.9 Å². The summed E-state index contributed by atoms with van der Waals surface area (Å²) in [5.41, 5.74) is 1.46. The van der Waals surface area contributed by atoms with Crippen LogP contribution in [0, 0.1) is 5.82 Å². The van der Waals surface area contributed by atoms with Crippen molar-refractivity contribution in [2.75, 3.05) is 17.4 Å². The number of anilines is 2. The van der Waals surface area contributed by atoms with Gasteiger partial charge in [0.15, 0.2) is 0 Å². The van der Waals surface area contributed by atoms with Gasteiger partial charge in [-0.15, -0.1) is 0 Å². The predicted molar refractivity (Wildman–Crippen MR) is 105 cm³/mol. The van der Waals surface area contributed by atoms with E-state index in [1.54, 1.807) is 24.3 Å². The van der Waals surface area contributed by atoms with Crippen LogP contribution >= 0.6 is 0 Å². The van der Waals surface area contributed by atoms with Crippen LogP contribution in [0.15, 0.2) is 48.5 Å². The van der Waals surface area contributed by atoms with Crippen molar-refractivity contribution in [3.63, 3.8) is 0 Å². The van der Waals surface area contributed by atoms with E-state index in [4.69, 9.17) is 0 Å². The van der Waals surface area contributed by atoms with Crippen LogP contribution in [0.25, 0.3) is 0 Å². The second-order valence-corrected chi connectivity index (χ2v) is 8.90. The van der Waals surface area contributed by atoms with Crippen molar-refractivity contribution in [1.82, 2.24) is 9.62 Å². The third-order valence-electron chi connectivity index (χ3n) is 5.03. The fraction of sp³-hybridized carbons (Fsp3) is 0.400. The summed E-state index contributed by atoms with van der Waals surface area (Å²) in [5, 5.41) is 3.44. The van der Waals surface area contributed by atoms with Crippen LogP contribution in [-0.2, 0) is 16.8 Å². The summed E-state index contributed by atoms with van der Waals surface area (Å²) in [6.07, 6.45) is 4.18. The Bertz CT molecular complexity index is 915. The minimum absolute atomic E-state index is 0.0602. The molecule has 2 aromatic rings. The molecule has 144 valence electrons. The molecule has 4 rings (SSSR count). The predicted octanol–water partition coefficient (Wildman–Crippen LogP) is 3.56. The zero-order valence-corrected chi connectivity index (χ0v) is 16.0. The molecule has 1 aliphatic carbocycles. The van der Waals surface area contributed by atoms with Gasteiger partial charge in [-0.1, -0.05) is 30.3 Å². The monoisotopic (exact) mass is 389 g/mol. The van der Waals surface area contributed by atoms with Gasteiger partial charge < -0.3 is 5.32 Å². The average Bonchev–Trinajstić information content (AvgIpc) is 3.47. The lowest BCUT2D eigenvalue weighted by Crippen LogP contribution is -2.46. The highest BCUT2D eigenvalue weighted by Gasteiger charge is 2.38. The van der Waals surface area contributed by atoms with Crippen LogP contribution in [0.4, 0.5) is 15.8 Å². The van der Waals surface area contributed by atoms with Gasteiger partial charge in [0.25, 0.3) is 0 Å². The Morgan fingerprint density at radius 3 is 2.44 bits per heavy atom. The standard InChI is InChI=1S/C20H24FN3O2S/c21-18-8-2-4-10-20(18)24-19-9-3-1-7-16(19)15-23(27(24,25)26)14-6-5-13-22-17-11-12-17/h1-4,7-10,17,22H,5-6,11-15H2. The summed E-state index contributed by atoms with van der Waals surface area (Å²) in [7, 11) is -3.84. The first-order chi connectivity index (χ1) is 13.1. The number of nitrogens with one attached hydrogen (secondary N) is 1. The fourth-order valence-corrected chi connectivity index (χ4v) is 5.14. The van der Waals surface area contributed by atoms with E-state index in [2.05, 4.69) is 5.32 Å². The van der Waals surface area contributed by atoms with Gasteiger partial charge >= 0.3 is 10.2 Å². The van der Waals surface area contributed by atoms with Crippen LogP contribution < -0.4 is 9.62 Å². The Hall–Kier alpha value is -1.96. The van der Waals surface area contributed by atoms with E-state index in [1.165, 1.54) is 29.3 Å². The Morgan fingerprint density at radius 1 is 1.00 bits per heavy atom. The first-order valence-electron chi connectivity index (χ1n) is 9.43. The Balaban J connectivity index is 1.58. The number of rotatable bonds is 7. The molecule has 1 saturated carbocycles. The molecule has 1 aliphatic heterocycles. The van der Waals surface area contributed by atoms with Gasteiger partial charge in [0, 0.05) is 19.1 Å². The molecular weight excluding hydrogens is 365 g/mol. The molecule has 1 heterocycles. The highest BCUT2D eigenvalue weighted by Crippen LogP contribution is 2.39. The fourth-order valence-electron chi connectivity index (χ4n) is 3.43. The number of nitrogens with zero attached hydrogens (tertiary/aromatic N) is 2. The number of fused-ring (bicyclic) bond motifs is 1. The molecule has 0 bridgehead atoms. The summed E-state index contributed by atoms with van der Waals surface area (Å²) in [5.74, 6) is -0.550. The molecule has 1 fully saturated rings. The van der Waals surface area contributed by atoms with Crippen molar-refractivity contribution in [3.8, 4) is 0 Å². The Kier molecular flexibility index (Phi) is 5.16. The molecule has 0 unspecified atom stereocenters. The van der Waals surface area contributed by atoms with Gasteiger partial charge in [0.05, 0.1) is 11.4 Å². The van der Waals surface area contributed by atoms with E-state index in [1.807, 2.05) is 12.1 Å². The van der Waals surface area contributed by atoms with E-state index < -0.39 is 16.0 Å². The average molecular weight is 389 g/mol. The van der Waals surface area contributed by atoms with E-state index in [9.17, 15) is 12.8 Å². The molecule has 1 N–H and O–H groups in total. The van der Waals surface area contributed by atoms with Crippen LogP contribution in [0.5, 0.6) is 0 Å². The van der Waals surface area contributed by atoms with E-state index in [0.29, 0.717) is 24.8 Å². The minimum Gasteiger partial charge on any atom is -0.314 e. The molecule has 2 aromatic carbocycles. The lowest BCUT2D eigenvalue weighted by atomic mass is 10.1. The van der Waals surface area contributed by atoms with Gasteiger partial charge in [-0.3, -0.25) is 0 Å². The highest BCUT2D eigenvalue weighted by atomic mass is 32.2. The van der Waals surface area contributed by atoms with Crippen molar-refractivity contribution >= 4 is 21.6 Å². The maximum absolute atomic E-state index is 14.4. The second kappa shape index (κ2) is 7.58. The smallest absolute Gasteiger partial charge is 0.308 e. The number of hydrogen-bond acceptors (Lipinski definition) is 3. The number of unbranched alkanes of at least 4 members (excludes halogenated alkanes) is 1. The largest absolute Gasteiger partial charge is 0.314 e. The summed E-state index contributed by atoms with van der Waals surface area (Å²) >= 11 is 0. The minimum atomic E-state index is -3.84. The zero-order valence-electron chi connectivity index (χ0n) is 15.1. The quantitative estimate of drug-likeness (QED) is 0.737. The molecule has 0 saturated heterocycles. The summed E-state index contributed by atoms with van der Waals surface area (Å²) in [6, 6.07) is 14.0. The van der Waals surface area contributed by atoms with E-state index in [-0.39, 0.29) is 5.69 Å². The van der Waals surface area contributed by atoms with E-state index in [0.717, 1.165) is 29.3 Å². The van der Waals surface area contributed by atoms with Gasteiger partial charge in [0.1, 0.15) is 5.82 Å². The molecule has 0 radical (unpaired) electrons. The lowest BCUT2D eigenvalue weighted by Gasteiger charge is -2.37. The third kappa shape index (κ3) is 3.85.